The monoisotopic (exact) mass is 476 g/mol. The van der Waals surface area contributed by atoms with Crippen LogP contribution in [0.3, 0.4) is 0 Å². The van der Waals surface area contributed by atoms with Crippen molar-refractivity contribution < 1.29 is 4.79 Å². The second-order valence-corrected chi connectivity index (χ2v) is 9.39. The first-order chi connectivity index (χ1) is 17.1. The molecular weight excluding hydrogens is 456 g/mol. The molecule has 0 bridgehead atoms. The quantitative estimate of drug-likeness (QED) is 0.392. The number of aromatic nitrogens is 3. The summed E-state index contributed by atoms with van der Waals surface area (Å²) in [5.74, 6) is 0.269. The van der Waals surface area contributed by atoms with Gasteiger partial charge < -0.3 is 4.90 Å². The van der Waals surface area contributed by atoms with E-state index < -0.39 is 0 Å². The maximum atomic E-state index is 13.6. The fourth-order valence-corrected chi connectivity index (χ4v) is 5.24. The topological polar surface area (TPSA) is 67.6 Å². The van der Waals surface area contributed by atoms with E-state index in [-0.39, 0.29) is 11.5 Å². The molecule has 170 valence electrons. The molecule has 1 aliphatic rings. The zero-order valence-corrected chi connectivity index (χ0v) is 19.7. The second kappa shape index (κ2) is 8.45. The number of benzene rings is 3. The van der Waals surface area contributed by atoms with Gasteiger partial charge in [-0.15, -0.1) is 5.10 Å². The van der Waals surface area contributed by atoms with Crippen LogP contribution >= 0.6 is 11.3 Å². The third-order valence-corrected chi connectivity index (χ3v) is 7.04. The molecule has 1 aliphatic heterocycles. The van der Waals surface area contributed by atoms with Crippen molar-refractivity contribution >= 4 is 45.6 Å². The molecule has 6 nitrogen and oxygen atoms in total. The van der Waals surface area contributed by atoms with Crippen LogP contribution in [0.2, 0.25) is 0 Å². The highest BCUT2D eigenvalue weighted by Crippen LogP contribution is 2.36. The number of hydrogen-bond acceptors (Lipinski definition) is 5. The van der Waals surface area contributed by atoms with E-state index in [1.165, 1.54) is 15.9 Å². The van der Waals surface area contributed by atoms with E-state index in [9.17, 15) is 9.59 Å². The Morgan fingerprint density at radius 3 is 2.40 bits per heavy atom. The van der Waals surface area contributed by atoms with Gasteiger partial charge in [-0.25, -0.2) is 0 Å². The summed E-state index contributed by atoms with van der Waals surface area (Å²) in [6.45, 7) is 2.47. The Labute approximate surface area is 205 Å². The summed E-state index contributed by atoms with van der Waals surface area (Å²) in [5, 5.41) is 4.37. The zero-order chi connectivity index (χ0) is 23.9. The maximum absolute atomic E-state index is 13.6. The summed E-state index contributed by atoms with van der Waals surface area (Å²) in [6, 6.07) is 25.5. The molecule has 7 heteroatoms. The van der Waals surface area contributed by atoms with Gasteiger partial charge in [0.15, 0.2) is 5.82 Å². The number of thiazole rings is 1. The van der Waals surface area contributed by atoms with Crippen LogP contribution in [0.15, 0.2) is 83.7 Å². The number of nitrogens with zero attached hydrogens (tertiary/aromatic N) is 4. The van der Waals surface area contributed by atoms with Gasteiger partial charge in [0.05, 0.1) is 17.8 Å². The predicted octanol–water partition coefficient (Wildman–Crippen LogP) is 4.09. The molecule has 35 heavy (non-hydrogen) atoms. The van der Waals surface area contributed by atoms with Crippen LogP contribution in [0.4, 0.5) is 5.69 Å². The van der Waals surface area contributed by atoms with Gasteiger partial charge in [-0.1, -0.05) is 95.8 Å². The van der Waals surface area contributed by atoms with Crippen LogP contribution in [0, 0.1) is 6.92 Å². The summed E-state index contributed by atoms with van der Waals surface area (Å²) < 4.78 is 1.65. The van der Waals surface area contributed by atoms with Crippen molar-refractivity contribution in [3.8, 4) is 0 Å². The molecule has 3 aromatic carbocycles. The number of carbonyl (C=O) groups is 1. The summed E-state index contributed by atoms with van der Waals surface area (Å²) in [4.78, 5) is 33.6. The molecule has 0 saturated heterocycles. The Balaban J connectivity index is 1.42. The van der Waals surface area contributed by atoms with E-state index >= 15 is 0 Å². The molecule has 0 spiro atoms. The minimum atomic E-state index is -0.327. The number of fused-ring (bicyclic) bond motifs is 2. The Morgan fingerprint density at radius 2 is 1.63 bits per heavy atom. The zero-order valence-electron chi connectivity index (χ0n) is 18.9. The van der Waals surface area contributed by atoms with Gasteiger partial charge in [0.2, 0.25) is 4.96 Å². The fraction of sp³-hybridized carbons (Fsp3) is 0.0714. The third-order valence-electron chi connectivity index (χ3n) is 6.01. The minimum Gasteiger partial charge on any atom is -0.303 e. The molecule has 2 aromatic heterocycles. The SMILES string of the molecule is Cc1ccc(CN2C(=O)C(=c3sc4nc(C=Cc5ccccc5)nn4c3=O)c3ccccc32)cc1. The van der Waals surface area contributed by atoms with Crippen molar-refractivity contribution in [1.29, 1.82) is 0 Å². The molecule has 0 radical (unpaired) electrons. The molecular formula is C28H20N4O2S. The standard InChI is InChI=1S/C28H20N4O2S/c1-18-11-13-20(14-12-18)17-31-22-10-6-5-9-21(22)24(26(31)33)25-27(34)32-28(35-25)29-23(30-32)16-15-19-7-3-2-4-8-19/h2-16H,17H2,1H3. The van der Waals surface area contributed by atoms with Gasteiger partial charge in [-0.3, -0.25) is 9.59 Å². The van der Waals surface area contributed by atoms with Crippen LogP contribution in [0.5, 0.6) is 0 Å². The molecule has 0 fully saturated rings. The molecule has 0 aliphatic carbocycles. The lowest BCUT2D eigenvalue weighted by atomic mass is 10.1. The fourth-order valence-electron chi connectivity index (χ4n) is 4.24. The normalized spacial score (nSPS) is 14.9. The lowest BCUT2D eigenvalue weighted by molar-refractivity contribution is -0.113. The van der Waals surface area contributed by atoms with Gasteiger partial charge in [0.25, 0.3) is 11.5 Å². The van der Waals surface area contributed by atoms with Crippen molar-refractivity contribution in [1.82, 2.24) is 14.6 Å². The smallest absolute Gasteiger partial charge is 0.291 e. The highest BCUT2D eigenvalue weighted by molar-refractivity contribution is 7.15. The Hall–Kier alpha value is -4.36. The van der Waals surface area contributed by atoms with E-state index in [4.69, 9.17) is 0 Å². The summed E-state index contributed by atoms with van der Waals surface area (Å²) in [6.07, 6.45) is 3.68. The molecule has 0 atom stereocenters. The van der Waals surface area contributed by atoms with Crippen molar-refractivity contribution in [2.24, 2.45) is 0 Å². The van der Waals surface area contributed by atoms with Gasteiger partial charge in [0.1, 0.15) is 4.53 Å². The third kappa shape index (κ3) is 3.76. The number of hydrogen-bond donors (Lipinski definition) is 0. The molecule has 0 saturated carbocycles. The number of aryl methyl sites for hydroxylation is 1. The van der Waals surface area contributed by atoms with E-state index in [1.807, 2.05) is 91.9 Å². The van der Waals surface area contributed by atoms with Crippen LogP contribution in [0.1, 0.15) is 28.1 Å². The summed E-state index contributed by atoms with van der Waals surface area (Å²) >= 11 is 1.20. The lowest BCUT2D eigenvalue weighted by Gasteiger charge is -2.17. The molecule has 6 rings (SSSR count). The first-order valence-corrected chi connectivity index (χ1v) is 12.0. The van der Waals surface area contributed by atoms with Crippen molar-refractivity contribution in [2.45, 2.75) is 13.5 Å². The van der Waals surface area contributed by atoms with E-state index in [1.54, 1.807) is 11.0 Å². The van der Waals surface area contributed by atoms with Crippen molar-refractivity contribution in [3.05, 3.63) is 122 Å². The van der Waals surface area contributed by atoms with Crippen LogP contribution in [-0.4, -0.2) is 20.5 Å². The Kier molecular flexibility index (Phi) is 5.12. The Morgan fingerprint density at radius 1 is 0.886 bits per heavy atom. The lowest BCUT2D eigenvalue weighted by Crippen LogP contribution is -2.32. The molecule has 5 aromatic rings. The average Bonchev–Trinajstić information content (AvgIpc) is 3.50. The maximum Gasteiger partial charge on any atom is 0.291 e. The second-order valence-electron chi connectivity index (χ2n) is 8.41. The van der Waals surface area contributed by atoms with E-state index in [2.05, 4.69) is 10.1 Å². The van der Waals surface area contributed by atoms with Gasteiger partial charge in [0, 0.05) is 5.56 Å². The highest BCUT2D eigenvalue weighted by atomic mass is 32.1. The minimum absolute atomic E-state index is 0.183. The number of amides is 1. The molecule has 3 heterocycles. The van der Waals surface area contributed by atoms with Crippen molar-refractivity contribution in [3.63, 3.8) is 0 Å². The molecule has 1 amide bonds. The van der Waals surface area contributed by atoms with Crippen LogP contribution < -0.4 is 15.0 Å². The molecule has 0 N–H and O–H groups in total. The number of para-hydroxylation sites is 1. The van der Waals surface area contributed by atoms with Gasteiger partial charge in [-0.05, 0) is 30.2 Å². The van der Waals surface area contributed by atoms with E-state index in [0.717, 1.165) is 27.9 Å². The highest BCUT2D eigenvalue weighted by Gasteiger charge is 2.34. The predicted molar refractivity (Wildman–Crippen MR) is 139 cm³/mol. The summed E-state index contributed by atoms with van der Waals surface area (Å²) in [7, 11) is 0. The first kappa shape index (κ1) is 21.2. The van der Waals surface area contributed by atoms with Gasteiger partial charge >= 0.3 is 0 Å². The molecule has 0 unspecified atom stereocenters. The average molecular weight is 477 g/mol. The van der Waals surface area contributed by atoms with Gasteiger partial charge in [-0.2, -0.15) is 9.50 Å². The first-order valence-electron chi connectivity index (χ1n) is 11.2. The number of carbonyl (C=O) groups excluding carboxylic acids is 1. The largest absolute Gasteiger partial charge is 0.303 e. The van der Waals surface area contributed by atoms with Crippen LogP contribution in [-0.2, 0) is 11.3 Å². The Bertz CT molecular complexity index is 1720. The van der Waals surface area contributed by atoms with Crippen molar-refractivity contribution in [2.75, 3.05) is 4.90 Å². The van der Waals surface area contributed by atoms with E-state index in [0.29, 0.717) is 27.4 Å². The van der Waals surface area contributed by atoms with Crippen LogP contribution in [0.25, 0.3) is 22.7 Å². The number of rotatable bonds is 4. The number of anilines is 1. The summed E-state index contributed by atoms with van der Waals surface area (Å²) in [5.41, 5.74) is 4.86.